The molecule has 0 radical (unpaired) electrons. The molecule has 142 valence electrons. The molecule has 0 aliphatic carbocycles. The molecular weight excluding hydrogens is 322 g/mol. The van der Waals surface area contributed by atoms with Crippen LogP contribution in [0.3, 0.4) is 0 Å². The summed E-state index contributed by atoms with van der Waals surface area (Å²) in [6.07, 6.45) is 2.22. The average Bonchev–Trinajstić information content (AvgIpc) is 3.09. The number of nitrogens with one attached hydrogen (secondary N) is 2. The number of carbonyl (C=O) groups excluding carboxylic acids is 3. The van der Waals surface area contributed by atoms with Gasteiger partial charge in [0, 0.05) is 45.8 Å². The highest BCUT2D eigenvalue weighted by atomic mass is 16.2. The van der Waals surface area contributed by atoms with E-state index in [0.29, 0.717) is 19.0 Å². The van der Waals surface area contributed by atoms with E-state index in [4.69, 9.17) is 0 Å². The fraction of sp³-hybridized carbons (Fsp3) is 0.824. The number of rotatable bonds is 6. The smallest absolute Gasteiger partial charge is 0.321 e. The molecule has 0 bridgehead atoms. The molecule has 4 amide bonds. The molecule has 8 heteroatoms. The summed E-state index contributed by atoms with van der Waals surface area (Å²) in [6.45, 7) is 9.99. The number of urea groups is 1. The highest BCUT2D eigenvalue weighted by Gasteiger charge is 2.24. The lowest BCUT2D eigenvalue weighted by molar-refractivity contribution is -0.132. The van der Waals surface area contributed by atoms with Gasteiger partial charge in [0.15, 0.2) is 0 Å². The van der Waals surface area contributed by atoms with Crippen molar-refractivity contribution in [2.45, 2.75) is 26.7 Å². The Labute approximate surface area is 149 Å². The van der Waals surface area contributed by atoms with E-state index in [1.807, 2.05) is 23.6 Å². The van der Waals surface area contributed by atoms with E-state index in [9.17, 15) is 14.4 Å². The van der Waals surface area contributed by atoms with Crippen molar-refractivity contribution in [2.24, 2.45) is 5.92 Å². The van der Waals surface area contributed by atoms with Gasteiger partial charge in [-0.05, 0) is 18.8 Å². The van der Waals surface area contributed by atoms with E-state index in [1.165, 1.54) is 0 Å². The van der Waals surface area contributed by atoms with Gasteiger partial charge in [-0.1, -0.05) is 13.8 Å². The summed E-state index contributed by atoms with van der Waals surface area (Å²) < 4.78 is 0. The molecule has 25 heavy (non-hydrogen) atoms. The van der Waals surface area contributed by atoms with E-state index in [-0.39, 0.29) is 18.4 Å². The second kappa shape index (κ2) is 9.72. The van der Waals surface area contributed by atoms with Crippen LogP contribution in [0.2, 0.25) is 0 Å². The third-order valence-electron chi connectivity index (χ3n) is 4.57. The predicted molar refractivity (Wildman–Crippen MR) is 95.1 cm³/mol. The Hall–Kier alpha value is -1.67. The molecule has 2 N–H and O–H groups in total. The molecule has 2 fully saturated rings. The number of hydrogen-bond donors (Lipinski definition) is 2. The van der Waals surface area contributed by atoms with Gasteiger partial charge in [-0.15, -0.1) is 0 Å². The normalized spacial score (nSPS) is 19.2. The molecule has 2 rings (SSSR count). The van der Waals surface area contributed by atoms with Crippen molar-refractivity contribution in [3.05, 3.63) is 0 Å². The van der Waals surface area contributed by atoms with Gasteiger partial charge in [-0.25, -0.2) is 4.79 Å². The van der Waals surface area contributed by atoms with Crippen molar-refractivity contribution in [1.82, 2.24) is 25.3 Å². The van der Waals surface area contributed by atoms with Gasteiger partial charge in [0.1, 0.15) is 0 Å². The van der Waals surface area contributed by atoms with Crippen LogP contribution in [0.25, 0.3) is 0 Å². The second-order valence-electron chi connectivity index (χ2n) is 7.29. The summed E-state index contributed by atoms with van der Waals surface area (Å²) in [7, 11) is 0. The first-order valence-electron chi connectivity index (χ1n) is 9.24. The van der Waals surface area contributed by atoms with Gasteiger partial charge < -0.3 is 10.2 Å². The summed E-state index contributed by atoms with van der Waals surface area (Å²) in [5.74, 6) is 0.269. The topological polar surface area (TPSA) is 85.0 Å². The molecule has 0 aromatic rings. The summed E-state index contributed by atoms with van der Waals surface area (Å²) in [5, 5.41) is 5.02. The van der Waals surface area contributed by atoms with E-state index in [2.05, 4.69) is 15.5 Å². The van der Waals surface area contributed by atoms with Crippen LogP contribution >= 0.6 is 0 Å². The summed E-state index contributed by atoms with van der Waals surface area (Å²) in [4.78, 5) is 41.8. The van der Waals surface area contributed by atoms with E-state index in [1.54, 1.807) is 0 Å². The van der Waals surface area contributed by atoms with E-state index in [0.717, 1.165) is 52.1 Å². The number of carbonyl (C=O) groups is 3. The molecule has 8 nitrogen and oxygen atoms in total. The summed E-state index contributed by atoms with van der Waals surface area (Å²) >= 11 is 0. The first-order chi connectivity index (χ1) is 11.9. The molecular formula is C17H31N5O3. The number of imide groups is 1. The summed E-state index contributed by atoms with van der Waals surface area (Å²) in [5.41, 5.74) is 0. The molecule has 0 aromatic carbocycles. The van der Waals surface area contributed by atoms with Gasteiger partial charge in [0.05, 0.1) is 13.1 Å². The Kier molecular flexibility index (Phi) is 7.64. The highest BCUT2D eigenvalue weighted by Crippen LogP contribution is 2.09. The van der Waals surface area contributed by atoms with Gasteiger partial charge in [-0.2, -0.15) is 0 Å². The van der Waals surface area contributed by atoms with Crippen LogP contribution in [0.15, 0.2) is 0 Å². The first-order valence-corrected chi connectivity index (χ1v) is 9.24. The maximum absolute atomic E-state index is 12.2. The van der Waals surface area contributed by atoms with Crippen molar-refractivity contribution >= 4 is 17.8 Å². The number of amides is 4. The van der Waals surface area contributed by atoms with Crippen LogP contribution in [0.5, 0.6) is 0 Å². The van der Waals surface area contributed by atoms with E-state index < -0.39 is 6.03 Å². The fourth-order valence-electron chi connectivity index (χ4n) is 3.07. The number of hydrogen-bond acceptors (Lipinski definition) is 5. The molecule has 2 aliphatic rings. The molecule has 2 heterocycles. The number of piperazine rings is 1. The van der Waals surface area contributed by atoms with Crippen LogP contribution in [0, 0.1) is 5.92 Å². The molecule has 2 saturated heterocycles. The van der Waals surface area contributed by atoms with Gasteiger partial charge in [0.25, 0.3) is 0 Å². The Balaban J connectivity index is 1.62. The minimum Gasteiger partial charge on any atom is -0.342 e. The maximum Gasteiger partial charge on any atom is 0.321 e. The van der Waals surface area contributed by atoms with Crippen LogP contribution in [0.1, 0.15) is 26.7 Å². The van der Waals surface area contributed by atoms with Crippen LogP contribution in [-0.4, -0.2) is 91.4 Å². The van der Waals surface area contributed by atoms with Crippen molar-refractivity contribution in [3.63, 3.8) is 0 Å². The Morgan fingerprint density at radius 1 is 0.880 bits per heavy atom. The van der Waals surface area contributed by atoms with Crippen LogP contribution in [-0.2, 0) is 9.59 Å². The zero-order valence-electron chi connectivity index (χ0n) is 15.4. The monoisotopic (exact) mass is 353 g/mol. The van der Waals surface area contributed by atoms with Gasteiger partial charge in [0.2, 0.25) is 11.8 Å². The third kappa shape index (κ3) is 6.99. The molecule has 0 unspecified atom stereocenters. The maximum atomic E-state index is 12.2. The van der Waals surface area contributed by atoms with Gasteiger partial charge in [-0.3, -0.25) is 24.7 Å². The minimum atomic E-state index is -0.437. The summed E-state index contributed by atoms with van der Waals surface area (Å²) in [6, 6.07) is -0.437. The van der Waals surface area contributed by atoms with E-state index >= 15 is 0 Å². The van der Waals surface area contributed by atoms with Crippen molar-refractivity contribution in [1.29, 1.82) is 0 Å². The molecule has 0 saturated carbocycles. The molecule has 0 aromatic heterocycles. The van der Waals surface area contributed by atoms with Crippen molar-refractivity contribution < 1.29 is 14.4 Å². The fourth-order valence-corrected chi connectivity index (χ4v) is 3.07. The number of likely N-dealkylation sites (tertiary alicyclic amines) is 1. The zero-order chi connectivity index (χ0) is 18.2. The Bertz CT molecular complexity index is 469. The Morgan fingerprint density at radius 3 is 2.00 bits per heavy atom. The Morgan fingerprint density at radius 2 is 1.44 bits per heavy atom. The van der Waals surface area contributed by atoms with Gasteiger partial charge >= 0.3 is 6.03 Å². The van der Waals surface area contributed by atoms with Crippen molar-refractivity contribution in [3.8, 4) is 0 Å². The molecule has 0 spiro atoms. The zero-order valence-corrected chi connectivity index (χ0v) is 15.4. The quantitative estimate of drug-likeness (QED) is 0.685. The lowest BCUT2D eigenvalue weighted by Crippen LogP contribution is -2.52. The third-order valence-corrected chi connectivity index (χ3v) is 4.57. The first kappa shape index (κ1) is 19.7. The standard InChI is InChI=1S/C17H31N5O3/c1-14(2)11-18-17(25)19-15(23)12-20-7-9-21(10-8-20)13-16(24)22-5-3-4-6-22/h14H,3-13H2,1-2H3,(H2,18,19,23,25). The highest BCUT2D eigenvalue weighted by molar-refractivity contribution is 5.95. The minimum absolute atomic E-state index is 0.211. The SMILES string of the molecule is CC(C)CNC(=O)NC(=O)CN1CCN(CC(=O)N2CCCC2)CC1. The lowest BCUT2D eigenvalue weighted by Gasteiger charge is -2.34. The second-order valence-corrected chi connectivity index (χ2v) is 7.29. The number of nitrogens with zero attached hydrogens (tertiary/aromatic N) is 3. The largest absolute Gasteiger partial charge is 0.342 e. The van der Waals surface area contributed by atoms with Crippen molar-refractivity contribution in [2.75, 3.05) is 58.9 Å². The average molecular weight is 353 g/mol. The predicted octanol–water partition coefficient (Wildman–Crippen LogP) is -0.292. The molecule has 0 atom stereocenters. The molecule has 2 aliphatic heterocycles. The lowest BCUT2D eigenvalue weighted by atomic mass is 10.2. The van der Waals surface area contributed by atoms with Crippen LogP contribution in [0.4, 0.5) is 4.79 Å². The van der Waals surface area contributed by atoms with Crippen LogP contribution < -0.4 is 10.6 Å².